The van der Waals surface area contributed by atoms with Crippen LogP contribution in [0.25, 0.3) is 11.0 Å². The molecule has 0 radical (unpaired) electrons. The largest absolute Gasteiger partial charge is 0.480 e. The molecule has 20 heavy (non-hydrogen) atoms. The summed E-state index contributed by atoms with van der Waals surface area (Å²) in [7, 11) is 0. The van der Waals surface area contributed by atoms with Crippen LogP contribution in [0, 0.1) is 13.8 Å². The van der Waals surface area contributed by atoms with Gasteiger partial charge in [0.1, 0.15) is 6.04 Å². The van der Waals surface area contributed by atoms with Crippen LogP contribution in [0.15, 0.2) is 21.7 Å². The summed E-state index contributed by atoms with van der Waals surface area (Å²) < 4.78 is 1.11. The molecule has 1 atom stereocenters. The van der Waals surface area contributed by atoms with Gasteiger partial charge in [0.2, 0.25) is 0 Å². The highest BCUT2D eigenvalue weighted by atomic mass is 16.4. The van der Waals surface area contributed by atoms with Crippen LogP contribution in [0.1, 0.15) is 11.1 Å². The van der Waals surface area contributed by atoms with E-state index in [1.807, 2.05) is 13.8 Å². The third kappa shape index (κ3) is 2.35. The van der Waals surface area contributed by atoms with Gasteiger partial charge in [0.25, 0.3) is 0 Å². The van der Waals surface area contributed by atoms with Gasteiger partial charge >= 0.3 is 17.1 Å². The number of carbonyl (C=O) groups is 1. The van der Waals surface area contributed by atoms with Gasteiger partial charge in [-0.25, -0.2) is 0 Å². The molecule has 0 aliphatic rings. The molecule has 2 aromatic rings. The van der Waals surface area contributed by atoms with Crippen LogP contribution in [-0.2, 0) is 11.3 Å². The first-order chi connectivity index (χ1) is 9.31. The Morgan fingerprint density at radius 3 is 2.55 bits per heavy atom. The summed E-state index contributed by atoms with van der Waals surface area (Å²) in [6, 6.07) is 2.23. The quantitative estimate of drug-likeness (QED) is 0.667. The molecule has 7 nitrogen and oxygen atoms in total. The summed E-state index contributed by atoms with van der Waals surface area (Å²) in [6.07, 6.45) is 0. The molecule has 1 aromatic carbocycles. The van der Waals surface area contributed by atoms with E-state index in [2.05, 4.69) is 4.98 Å². The van der Waals surface area contributed by atoms with Crippen LogP contribution in [-0.4, -0.2) is 26.7 Å². The van der Waals surface area contributed by atoms with Crippen LogP contribution in [0.5, 0.6) is 0 Å². The molecule has 0 aliphatic heterocycles. The van der Waals surface area contributed by atoms with E-state index in [0.717, 1.165) is 15.7 Å². The van der Waals surface area contributed by atoms with Crippen LogP contribution in [0.3, 0.4) is 0 Å². The van der Waals surface area contributed by atoms with Gasteiger partial charge in [-0.2, -0.15) is 0 Å². The number of aryl methyl sites for hydroxylation is 2. The van der Waals surface area contributed by atoms with Crippen molar-refractivity contribution in [3.8, 4) is 0 Å². The number of carboxylic acids is 1. The molecule has 0 saturated heterocycles. The number of aromatic amines is 1. The Balaban J connectivity index is 2.76. The molecule has 2 rings (SSSR count). The van der Waals surface area contributed by atoms with Gasteiger partial charge in [-0.1, -0.05) is 0 Å². The Bertz CT molecular complexity index is 804. The average Bonchev–Trinajstić information content (AvgIpc) is 2.37. The van der Waals surface area contributed by atoms with Gasteiger partial charge in [-0.15, -0.1) is 0 Å². The lowest BCUT2D eigenvalue weighted by Crippen LogP contribution is -2.43. The molecule has 4 N–H and O–H groups in total. The summed E-state index contributed by atoms with van der Waals surface area (Å²) >= 11 is 0. The fourth-order valence-electron chi connectivity index (χ4n) is 1.99. The lowest BCUT2D eigenvalue weighted by atomic mass is 10.1. The molecule has 0 amide bonds. The molecule has 0 fully saturated rings. The van der Waals surface area contributed by atoms with E-state index in [-0.39, 0.29) is 6.54 Å². The van der Waals surface area contributed by atoms with Crippen LogP contribution in [0.2, 0.25) is 0 Å². The second-order valence-electron chi connectivity index (χ2n) is 4.77. The van der Waals surface area contributed by atoms with Gasteiger partial charge < -0.3 is 15.8 Å². The predicted octanol–water partition coefficient (Wildman–Crippen LogP) is -0.281. The van der Waals surface area contributed by atoms with Crippen LogP contribution < -0.4 is 16.9 Å². The lowest BCUT2D eigenvalue weighted by molar-refractivity contribution is -0.138. The van der Waals surface area contributed by atoms with Crippen molar-refractivity contribution in [2.45, 2.75) is 26.4 Å². The molecule has 0 saturated carbocycles. The maximum atomic E-state index is 11.9. The zero-order valence-electron chi connectivity index (χ0n) is 11.1. The molecule has 0 spiro atoms. The van der Waals surface area contributed by atoms with Gasteiger partial charge in [0.05, 0.1) is 17.6 Å². The second-order valence-corrected chi connectivity index (χ2v) is 4.77. The number of aliphatic carboxylic acids is 1. The van der Waals surface area contributed by atoms with Crippen molar-refractivity contribution >= 4 is 17.0 Å². The Morgan fingerprint density at radius 1 is 1.35 bits per heavy atom. The number of hydrogen-bond donors (Lipinski definition) is 3. The number of carboxylic acid groups (broad SMARTS) is 1. The van der Waals surface area contributed by atoms with Crippen molar-refractivity contribution < 1.29 is 9.90 Å². The first-order valence-corrected chi connectivity index (χ1v) is 6.03. The first-order valence-electron chi connectivity index (χ1n) is 6.03. The van der Waals surface area contributed by atoms with Crippen molar-refractivity contribution in [1.82, 2.24) is 9.55 Å². The molecule has 0 unspecified atom stereocenters. The van der Waals surface area contributed by atoms with Crippen molar-refractivity contribution in [3.63, 3.8) is 0 Å². The van der Waals surface area contributed by atoms with E-state index in [4.69, 9.17) is 10.8 Å². The number of fused-ring (bicyclic) bond motifs is 1. The Labute approximate surface area is 113 Å². The van der Waals surface area contributed by atoms with E-state index >= 15 is 0 Å². The molecule has 1 heterocycles. The zero-order chi connectivity index (χ0) is 15.0. The zero-order valence-corrected chi connectivity index (χ0v) is 11.1. The fourth-order valence-corrected chi connectivity index (χ4v) is 1.99. The number of H-pyrrole nitrogens is 1. The number of rotatable bonds is 3. The summed E-state index contributed by atoms with van der Waals surface area (Å²) in [5.41, 5.74) is 6.69. The van der Waals surface area contributed by atoms with Crippen molar-refractivity contribution in [2.24, 2.45) is 5.73 Å². The maximum Gasteiger partial charge on any atom is 0.322 e. The predicted molar refractivity (Wildman–Crippen MR) is 73.9 cm³/mol. The Morgan fingerprint density at radius 2 is 1.95 bits per heavy atom. The molecule has 106 valence electrons. The summed E-state index contributed by atoms with van der Waals surface area (Å²) in [6.45, 7) is 3.49. The highest BCUT2D eigenvalue weighted by Crippen LogP contribution is 2.15. The van der Waals surface area contributed by atoms with E-state index in [1.165, 1.54) is 0 Å². The number of nitrogens with two attached hydrogens (primary N) is 1. The highest BCUT2D eigenvalue weighted by Gasteiger charge is 2.16. The smallest absolute Gasteiger partial charge is 0.322 e. The van der Waals surface area contributed by atoms with Gasteiger partial charge in [-0.3, -0.25) is 19.0 Å². The van der Waals surface area contributed by atoms with Crippen LogP contribution >= 0.6 is 0 Å². The number of nitrogens with one attached hydrogen (secondary N) is 1. The normalized spacial score (nSPS) is 12.6. The lowest BCUT2D eigenvalue weighted by Gasteiger charge is -2.13. The third-order valence-electron chi connectivity index (χ3n) is 3.29. The number of benzene rings is 1. The summed E-state index contributed by atoms with van der Waals surface area (Å²) in [5, 5.41) is 8.85. The Kier molecular flexibility index (Phi) is 3.46. The molecule has 7 heteroatoms. The molecular formula is C13H15N3O4. The number of hydrogen-bond acceptors (Lipinski definition) is 4. The van der Waals surface area contributed by atoms with E-state index in [1.54, 1.807) is 12.1 Å². The van der Waals surface area contributed by atoms with Crippen molar-refractivity contribution in [3.05, 3.63) is 44.0 Å². The van der Waals surface area contributed by atoms with Crippen LogP contribution in [0.4, 0.5) is 0 Å². The summed E-state index contributed by atoms with van der Waals surface area (Å²) in [5.74, 6) is -1.23. The highest BCUT2D eigenvalue weighted by molar-refractivity contribution is 5.77. The average molecular weight is 277 g/mol. The monoisotopic (exact) mass is 277 g/mol. The minimum absolute atomic E-state index is 0.253. The van der Waals surface area contributed by atoms with E-state index in [9.17, 15) is 14.4 Å². The maximum absolute atomic E-state index is 11.9. The first kappa shape index (κ1) is 14.0. The van der Waals surface area contributed by atoms with Crippen molar-refractivity contribution in [1.29, 1.82) is 0 Å². The standard InChI is InChI=1S/C13H15N3O4/c1-6-3-9-10(4-7(6)2)16(5-8(14)13(19)20)12(18)11(17)15-9/h3-4,8H,5,14H2,1-2H3,(H,15,17)(H,19,20)/t8-/m1/s1. The van der Waals surface area contributed by atoms with Gasteiger partial charge in [0, 0.05) is 0 Å². The third-order valence-corrected chi connectivity index (χ3v) is 3.29. The number of aromatic nitrogens is 2. The minimum atomic E-state index is -1.25. The van der Waals surface area contributed by atoms with E-state index in [0.29, 0.717) is 11.0 Å². The molecule has 0 aliphatic carbocycles. The van der Waals surface area contributed by atoms with Crippen molar-refractivity contribution in [2.75, 3.05) is 0 Å². The second kappa shape index (κ2) is 4.93. The van der Waals surface area contributed by atoms with Gasteiger partial charge in [0.15, 0.2) is 0 Å². The molecule has 0 bridgehead atoms. The molecular weight excluding hydrogens is 262 g/mol. The van der Waals surface area contributed by atoms with Gasteiger partial charge in [-0.05, 0) is 37.1 Å². The Hall–Kier alpha value is -2.41. The SMILES string of the molecule is Cc1cc2[nH]c(=O)c(=O)n(C[C@@H](N)C(=O)O)c2cc1C. The number of nitrogens with zero attached hydrogens (tertiary/aromatic N) is 1. The molecule has 1 aromatic heterocycles. The van der Waals surface area contributed by atoms with E-state index < -0.39 is 23.1 Å². The summed E-state index contributed by atoms with van der Waals surface area (Å²) in [4.78, 5) is 36.9. The minimum Gasteiger partial charge on any atom is -0.480 e. The topological polar surface area (TPSA) is 118 Å². The fraction of sp³-hybridized carbons (Fsp3) is 0.308.